The van der Waals surface area contributed by atoms with Crippen molar-refractivity contribution < 1.29 is 9.53 Å². The highest BCUT2D eigenvalue weighted by Gasteiger charge is 2.18. The third-order valence-electron chi connectivity index (χ3n) is 4.02. The van der Waals surface area contributed by atoms with Crippen molar-refractivity contribution in [2.24, 2.45) is 0 Å². The average Bonchev–Trinajstić information content (AvgIpc) is 2.54. The minimum absolute atomic E-state index is 0.00374. The first-order valence-electron chi connectivity index (χ1n) is 8.14. The van der Waals surface area contributed by atoms with Gasteiger partial charge in [0, 0.05) is 24.7 Å². The van der Waals surface area contributed by atoms with Gasteiger partial charge in [-0.2, -0.15) is 0 Å². The molecule has 0 radical (unpaired) electrons. The van der Waals surface area contributed by atoms with Gasteiger partial charge in [-0.3, -0.25) is 4.79 Å². The SMILES string of the molecule is CC[C@@H](NC(=O)CNC[C@@H]1CN(C)CCO1)c1ccc(Cl)cc1. The highest BCUT2D eigenvalue weighted by atomic mass is 35.5. The monoisotopic (exact) mass is 339 g/mol. The molecule has 0 aliphatic carbocycles. The van der Waals surface area contributed by atoms with E-state index in [1.807, 2.05) is 24.3 Å². The van der Waals surface area contributed by atoms with Gasteiger partial charge < -0.3 is 20.3 Å². The lowest BCUT2D eigenvalue weighted by Gasteiger charge is -2.30. The summed E-state index contributed by atoms with van der Waals surface area (Å²) in [5, 5.41) is 6.94. The largest absolute Gasteiger partial charge is 0.374 e. The molecule has 6 heteroatoms. The van der Waals surface area contributed by atoms with E-state index in [1.165, 1.54) is 0 Å². The van der Waals surface area contributed by atoms with E-state index in [0.29, 0.717) is 18.1 Å². The lowest BCUT2D eigenvalue weighted by Crippen LogP contribution is -2.46. The molecule has 1 saturated heterocycles. The van der Waals surface area contributed by atoms with Crippen LogP contribution in [0.5, 0.6) is 0 Å². The predicted molar refractivity (Wildman–Crippen MR) is 92.7 cm³/mol. The maximum Gasteiger partial charge on any atom is 0.234 e. The number of rotatable bonds is 7. The summed E-state index contributed by atoms with van der Waals surface area (Å²) in [7, 11) is 2.08. The van der Waals surface area contributed by atoms with Crippen LogP contribution in [0.2, 0.25) is 5.02 Å². The Kier molecular flexibility index (Phi) is 7.30. The van der Waals surface area contributed by atoms with Gasteiger partial charge in [-0.25, -0.2) is 0 Å². The van der Waals surface area contributed by atoms with Gasteiger partial charge in [0.25, 0.3) is 0 Å². The number of amides is 1. The first-order valence-corrected chi connectivity index (χ1v) is 8.52. The molecule has 0 bridgehead atoms. The number of benzene rings is 1. The molecule has 2 N–H and O–H groups in total. The van der Waals surface area contributed by atoms with Crippen molar-refractivity contribution in [1.29, 1.82) is 0 Å². The van der Waals surface area contributed by atoms with Crippen LogP contribution in [0.4, 0.5) is 0 Å². The van der Waals surface area contributed by atoms with Crippen LogP contribution < -0.4 is 10.6 Å². The molecule has 0 spiro atoms. The molecule has 1 aromatic carbocycles. The second-order valence-corrected chi connectivity index (χ2v) is 6.40. The summed E-state index contributed by atoms with van der Waals surface area (Å²) in [6, 6.07) is 7.62. The van der Waals surface area contributed by atoms with E-state index in [-0.39, 0.29) is 18.1 Å². The Balaban J connectivity index is 1.73. The molecule has 23 heavy (non-hydrogen) atoms. The van der Waals surface area contributed by atoms with Gasteiger partial charge in [-0.1, -0.05) is 30.7 Å². The summed E-state index contributed by atoms with van der Waals surface area (Å²) >= 11 is 5.91. The number of likely N-dealkylation sites (N-methyl/N-ethyl adjacent to an activating group) is 1. The van der Waals surface area contributed by atoms with E-state index in [1.54, 1.807) is 0 Å². The molecule has 5 nitrogen and oxygen atoms in total. The first kappa shape index (κ1) is 18.2. The van der Waals surface area contributed by atoms with Gasteiger partial charge in [0.15, 0.2) is 0 Å². The van der Waals surface area contributed by atoms with E-state index in [4.69, 9.17) is 16.3 Å². The first-order chi connectivity index (χ1) is 11.1. The van der Waals surface area contributed by atoms with E-state index >= 15 is 0 Å². The number of halogens is 1. The number of hydrogen-bond donors (Lipinski definition) is 2. The molecule has 1 fully saturated rings. The number of nitrogens with zero attached hydrogens (tertiary/aromatic N) is 1. The van der Waals surface area contributed by atoms with Gasteiger partial charge in [0.05, 0.1) is 25.3 Å². The molecule has 0 unspecified atom stereocenters. The van der Waals surface area contributed by atoms with Crippen LogP contribution >= 0.6 is 11.6 Å². The Morgan fingerprint density at radius 3 is 2.83 bits per heavy atom. The number of carbonyl (C=O) groups excluding carboxylic acids is 1. The number of ether oxygens (including phenoxy) is 1. The van der Waals surface area contributed by atoms with Gasteiger partial charge in [0.1, 0.15) is 0 Å². The third kappa shape index (κ3) is 6.11. The molecule has 2 rings (SSSR count). The zero-order chi connectivity index (χ0) is 16.7. The minimum atomic E-state index is -0.00374. The van der Waals surface area contributed by atoms with Crippen LogP contribution in [0.3, 0.4) is 0 Å². The Labute approximate surface area is 143 Å². The van der Waals surface area contributed by atoms with Crippen LogP contribution in [-0.4, -0.2) is 56.7 Å². The molecule has 1 aliphatic heterocycles. The summed E-state index contributed by atoms with van der Waals surface area (Å²) in [4.78, 5) is 14.3. The zero-order valence-electron chi connectivity index (χ0n) is 13.8. The lowest BCUT2D eigenvalue weighted by atomic mass is 10.0. The minimum Gasteiger partial charge on any atom is -0.374 e. The van der Waals surface area contributed by atoms with E-state index in [9.17, 15) is 4.79 Å². The fraction of sp³-hybridized carbons (Fsp3) is 0.588. The van der Waals surface area contributed by atoms with Crippen molar-refractivity contribution in [2.75, 3.05) is 39.8 Å². The van der Waals surface area contributed by atoms with Crippen molar-refractivity contribution in [1.82, 2.24) is 15.5 Å². The van der Waals surface area contributed by atoms with Crippen LogP contribution in [0.15, 0.2) is 24.3 Å². The molecule has 0 aromatic heterocycles. The summed E-state index contributed by atoms with van der Waals surface area (Å²) in [6.45, 7) is 5.67. The molecule has 1 heterocycles. The summed E-state index contributed by atoms with van der Waals surface area (Å²) in [6.07, 6.45) is 0.990. The standard InChI is InChI=1S/C17H26ClN3O2/c1-3-16(13-4-6-14(18)7-5-13)20-17(22)11-19-10-15-12-21(2)8-9-23-15/h4-7,15-16,19H,3,8-12H2,1-2H3,(H,20,22)/t15-,16-/m1/s1. The number of morpholine rings is 1. The van der Waals surface area contributed by atoms with Crippen LogP contribution in [0, 0.1) is 0 Å². The molecule has 1 aliphatic rings. The van der Waals surface area contributed by atoms with Crippen LogP contribution in [-0.2, 0) is 9.53 Å². The van der Waals surface area contributed by atoms with Crippen molar-refractivity contribution in [2.45, 2.75) is 25.5 Å². The quantitative estimate of drug-likeness (QED) is 0.795. The summed E-state index contributed by atoms with van der Waals surface area (Å²) in [5.41, 5.74) is 1.07. The molecular formula is C17H26ClN3O2. The molecule has 0 saturated carbocycles. The topological polar surface area (TPSA) is 53.6 Å². The van der Waals surface area contributed by atoms with Crippen molar-refractivity contribution >= 4 is 17.5 Å². The maximum atomic E-state index is 12.1. The Hall–Kier alpha value is -1.14. The van der Waals surface area contributed by atoms with Gasteiger partial charge in [-0.05, 0) is 31.2 Å². The van der Waals surface area contributed by atoms with Gasteiger partial charge >= 0.3 is 0 Å². The molecule has 2 atom stereocenters. The zero-order valence-corrected chi connectivity index (χ0v) is 14.6. The third-order valence-corrected chi connectivity index (χ3v) is 4.27. The van der Waals surface area contributed by atoms with Gasteiger partial charge in [0.2, 0.25) is 5.91 Å². The molecular weight excluding hydrogens is 314 g/mol. The van der Waals surface area contributed by atoms with Crippen molar-refractivity contribution in [3.63, 3.8) is 0 Å². The molecule has 1 amide bonds. The smallest absolute Gasteiger partial charge is 0.234 e. The summed E-state index contributed by atoms with van der Waals surface area (Å²) in [5.74, 6) is -0.00374. The molecule has 128 valence electrons. The maximum absolute atomic E-state index is 12.1. The summed E-state index contributed by atoms with van der Waals surface area (Å²) < 4.78 is 5.66. The van der Waals surface area contributed by atoms with E-state index in [0.717, 1.165) is 31.7 Å². The second kappa shape index (κ2) is 9.23. The van der Waals surface area contributed by atoms with Crippen molar-refractivity contribution in [3.8, 4) is 0 Å². The van der Waals surface area contributed by atoms with Crippen LogP contribution in [0.25, 0.3) is 0 Å². The Morgan fingerprint density at radius 2 is 2.17 bits per heavy atom. The number of carbonyl (C=O) groups is 1. The number of nitrogens with one attached hydrogen (secondary N) is 2. The highest BCUT2D eigenvalue weighted by Crippen LogP contribution is 2.18. The molecule has 1 aromatic rings. The average molecular weight is 340 g/mol. The van der Waals surface area contributed by atoms with Crippen molar-refractivity contribution in [3.05, 3.63) is 34.9 Å². The fourth-order valence-electron chi connectivity index (χ4n) is 2.70. The van der Waals surface area contributed by atoms with E-state index < -0.39 is 0 Å². The fourth-order valence-corrected chi connectivity index (χ4v) is 2.82. The normalized spacial score (nSPS) is 20.2. The van der Waals surface area contributed by atoms with Gasteiger partial charge in [-0.15, -0.1) is 0 Å². The lowest BCUT2D eigenvalue weighted by molar-refractivity contribution is -0.121. The number of hydrogen-bond acceptors (Lipinski definition) is 4. The van der Waals surface area contributed by atoms with Crippen LogP contribution in [0.1, 0.15) is 24.9 Å². The Morgan fingerprint density at radius 1 is 1.43 bits per heavy atom. The predicted octanol–water partition coefficient (Wildman–Crippen LogP) is 1.83. The highest BCUT2D eigenvalue weighted by molar-refractivity contribution is 6.30. The Bertz CT molecular complexity index is 495. The second-order valence-electron chi connectivity index (χ2n) is 5.97. The van der Waals surface area contributed by atoms with E-state index in [2.05, 4.69) is 29.5 Å².